The molecule has 0 aliphatic heterocycles. The van der Waals surface area contributed by atoms with Crippen LogP contribution in [0.5, 0.6) is 5.75 Å². The predicted molar refractivity (Wildman–Crippen MR) is 94.8 cm³/mol. The van der Waals surface area contributed by atoms with E-state index < -0.39 is 5.97 Å². The van der Waals surface area contributed by atoms with E-state index in [1.54, 1.807) is 35.6 Å². The van der Waals surface area contributed by atoms with Crippen LogP contribution in [0.15, 0.2) is 48.5 Å². The van der Waals surface area contributed by atoms with Crippen molar-refractivity contribution in [2.75, 3.05) is 0 Å². The number of hydrogen-bond acceptors (Lipinski definition) is 4. The normalized spacial score (nSPS) is 10.6. The van der Waals surface area contributed by atoms with E-state index in [9.17, 15) is 4.79 Å². The smallest absolute Gasteiger partial charge is 0.335 e. The molecular formula is C19H17NO3S. The second-order valence-corrected chi connectivity index (χ2v) is 6.86. The molecule has 4 nitrogen and oxygen atoms in total. The Labute approximate surface area is 144 Å². The van der Waals surface area contributed by atoms with Crippen molar-refractivity contribution in [3.05, 3.63) is 69.5 Å². The lowest BCUT2D eigenvalue weighted by Gasteiger charge is -2.07. The minimum absolute atomic E-state index is 0.275. The lowest BCUT2D eigenvalue weighted by atomic mass is 10.1. The molecule has 3 aromatic rings. The van der Waals surface area contributed by atoms with E-state index in [0.29, 0.717) is 6.61 Å². The molecule has 0 spiro atoms. The van der Waals surface area contributed by atoms with E-state index in [1.807, 2.05) is 31.2 Å². The highest BCUT2D eigenvalue weighted by Crippen LogP contribution is 2.28. The summed E-state index contributed by atoms with van der Waals surface area (Å²) in [6, 6.07) is 14.5. The van der Waals surface area contributed by atoms with E-state index in [2.05, 4.69) is 11.9 Å². The van der Waals surface area contributed by atoms with Gasteiger partial charge >= 0.3 is 5.97 Å². The van der Waals surface area contributed by atoms with Gasteiger partial charge in [-0.2, -0.15) is 0 Å². The van der Waals surface area contributed by atoms with Crippen molar-refractivity contribution in [1.82, 2.24) is 4.98 Å². The summed E-state index contributed by atoms with van der Waals surface area (Å²) in [6.45, 7) is 4.48. The maximum absolute atomic E-state index is 10.8. The number of carbonyl (C=O) groups is 1. The van der Waals surface area contributed by atoms with E-state index in [4.69, 9.17) is 9.84 Å². The van der Waals surface area contributed by atoms with E-state index in [-0.39, 0.29) is 5.56 Å². The summed E-state index contributed by atoms with van der Waals surface area (Å²) < 4.78 is 5.75. The first-order valence-electron chi connectivity index (χ1n) is 7.52. The molecule has 0 amide bonds. The summed E-state index contributed by atoms with van der Waals surface area (Å²) in [5.41, 5.74) is 3.30. The van der Waals surface area contributed by atoms with Crippen LogP contribution in [0.3, 0.4) is 0 Å². The molecule has 0 saturated heterocycles. The van der Waals surface area contributed by atoms with Crippen molar-refractivity contribution in [2.45, 2.75) is 20.5 Å². The Hall–Kier alpha value is -2.66. The maximum atomic E-state index is 10.8. The molecule has 1 N–H and O–H groups in total. The van der Waals surface area contributed by atoms with Gasteiger partial charge in [-0.3, -0.25) is 0 Å². The number of thiazole rings is 1. The number of rotatable bonds is 5. The van der Waals surface area contributed by atoms with Gasteiger partial charge in [-0.05, 0) is 55.8 Å². The monoisotopic (exact) mass is 339 g/mol. The third-order valence-electron chi connectivity index (χ3n) is 3.64. The first kappa shape index (κ1) is 16.2. The standard InChI is InChI=1S/C19H17NO3S/c1-12-18(20-13(2)24-12)15-7-9-17(10-8-15)23-11-14-3-5-16(6-4-14)19(21)22/h3-10H,11H2,1-2H3,(H,21,22). The largest absolute Gasteiger partial charge is 0.489 e. The van der Waals surface area contributed by atoms with Crippen molar-refractivity contribution in [2.24, 2.45) is 0 Å². The van der Waals surface area contributed by atoms with Gasteiger partial charge < -0.3 is 9.84 Å². The van der Waals surface area contributed by atoms with Gasteiger partial charge in [0.15, 0.2) is 0 Å². The second-order valence-electron chi connectivity index (χ2n) is 5.45. The Morgan fingerprint density at radius 3 is 2.29 bits per heavy atom. The van der Waals surface area contributed by atoms with Gasteiger partial charge in [0.25, 0.3) is 0 Å². The number of nitrogens with zero attached hydrogens (tertiary/aromatic N) is 1. The van der Waals surface area contributed by atoms with E-state index >= 15 is 0 Å². The van der Waals surface area contributed by atoms with Gasteiger partial charge in [-0.15, -0.1) is 11.3 Å². The van der Waals surface area contributed by atoms with Crippen LogP contribution in [0.1, 0.15) is 25.8 Å². The third kappa shape index (κ3) is 3.63. The highest BCUT2D eigenvalue weighted by molar-refractivity contribution is 7.11. The molecule has 3 rings (SSSR count). The number of hydrogen-bond donors (Lipinski definition) is 1. The molecule has 0 aliphatic rings. The molecule has 122 valence electrons. The summed E-state index contributed by atoms with van der Waals surface area (Å²) >= 11 is 1.69. The van der Waals surface area contributed by atoms with Gasteiger partial charge in [0.1, 0.15) is 12.4 Å². The zero-order valence-corrected chi connectivity index (χ0v) is 14.3. The molecule has 5 heteroatoms. The molecule has 0 unspecified atom stereocenters. The van der Waals surface area contributed by atoms with Crippen molar-refractivity contribution < 1.29 is 14.6 Å². The average molecular weight is 339 g/mol. The summed E-state index contributed by atoms with van der Waals surface area (Å²) in [5, 5.41) is 9.95. The summed E-state index contributed by atoms with van der Waals surface area (Å²) in [6.07, 6.45) is 0. The number of carboxylic acids is 1. The first-order valence-corrected chi connectivity index (χ1v) is 8.34. The van der Waals surface area contributed by atoms with Crippen LogP contribution in [0.25, 0.3) is 11.3 Å². The van der Waals surface area contributed by atoms with Crippen LogP contribution >= 0.6 is 11.3 Å². The number of ether oxygens (including phenoxy) is 1. The van der Waals surface area contributed by atoms with Crippen LogP contribution < -0.4 is 4.74 Å². The molecule has 0 saturated carbocycles. The molecule has 0 bridgehead atoms. The van der Waals surface area contributed by atoms with Crippen molar-refractivity contribution in [3.8, 4) is 17.0 Å². The minimum atomic E-state index is -0.925. The Morgan fingerprint density at radius 2 is 1.75 bits per heavy atom. The van der Waals surface area contributed by atoms with E-state index in [0.717, 1.165) is 27.6 Å². The lowest BCUT2D eigenvalue weighted by molar-refractivity contribution is 0.0697. The highest BCUT2D eigenvalue weighted by atomic mass is 32.1. The number of aromatic carboxylic acids is 1. The Kier molecular flexibility index (Phi) is 4.62. The summed E-state index contributed by atoms with van der Waals surface area (Å²) in [7, 11) is 0. The molecule has 1 aromatic heterocycles. The average Bonchev–Trinajstić information content (AvgIpc) is 2.92. The van der Waals surface area contributed by atoms with Crippen LogP contribution in [0, 0.1) is 13.8 Å². The van der Waals surface area contributed by atoms with E-state index in [1.165, 1.54) is 4.88 Å². The summed E-state index contributed by atoms with van der Waals surface area (Å²) in [5.74, 6) is -0.156. The molecule has 0 fully saturated rings. The molecule has 24 heavy (non-hydrogen) atoms. The highest BCUT2D eigenvalue weighted by Gasteiger charge is 2.08. The molecular weight excluding hydrogens is 322 g/mol. The topological polar surface area (TPSA) is 59.4 Å². The fraction of sp³-hybridized carbons (Fsp3) is 0.158. The van der Waals surface area contributed by atoms with Crippen LogP contribution in [0.2, 0.25) is 0 Å². The van der Waals surface area contributed by atoms with Gasteiger partial charge in [0, 0.05) is 10.4 Å². The summed E-state index contributed by atoms with van der Waals surface area (Å²) in [4.78, 5) is 16.6. The Bertz CT molecular complexity index is 851. The van der Waals surface area contributed by atoms with Gasteiger partial charge in [0.05, 0.1) is 16.3 Å². The molecule has 0 atom stereocenters. The molecule has 1 heterocycles. The van der Waals surface area contributed by atoms with Crippen LogP contribution in [-0.4, -0.2) is 16.1 Å². The Balaban J connectivity index is 1.66. The molecule has 0 aliphatic carbocycles. The zero-order valence-electron chi connectivity index (χ0n) is 13.4. The SMILES string of the molecule is Cc1nc(-c2ccc(OCc3ccc(C(=O)O)cc3)cc2)c(C)s1. The van der Waals surface area contributed by atoms with Crippen molar-refractivity contribution in [3.63, 3.8) is 0 Å². The van der Waals surface area contributed by atoms with Crippen LogP contribution in [0.4, 0.5) is 0 Å². The second kappa shape index (κ2) is 6.84. The third-order valence-corrected chi connectivity index (χ3v) is 4.52. The molecule has 2 aromatic carbocycles. The fourth-order valence-electron chi connectivity index (χ4n) is 2.42. The van der Waals surface area contributed by atoms with Crippen LogP contribution in [-0.2, 0) is 6.61 Å². The molecule has 0 radical (unpaired) electrons. The number of benzene rings is 2. The number of carboxylic acid groups (broad SMARTS) is 1. The zero-order chi connectivity index (χ0) is 17.1. The van der Waals surface area contributed by atoms with Crippen molar-refractivity contribution in [1.29, 1.82) is 0 Å². The predicted octanol–water partition coefficient (Wildman–Crippen LogP) is 4.70. The number of aryl methyl sites for hydroxylation is 2. The minimum Gasteiger partial charge on any atom is -0.489 e. The maximum Gasteiger partial charge on any atom is 0.335 e. The van der Waals surface area contributed by atoms with Gasteiger partial charge in [-0.25, -0.2) is 9.78 Å². The van der Waals surface area contributed by atoms with Crippen molar-refractivity contribution >= 4 is 17.3 Å². The van der Waals surface area contributed by atoms with Gasteiger partial charge in [0.2, 0.25) is 0 Å². The fourth-order valence-corrected chi connectivity index (χ4v) is 3.26. The number of aromatic nitrogens is 1. The van der Waals surface area contributed by atoms with Gasteiger partial charge in [-0.1, -0.05) is 12.1 Å². The Morgan fingerprint density at radius 1 is 1.08 bits per heavy atom. The first-order chi connectivity index (χ1) is 11.5. The quantitative estimate of drug-likeness (QED) is 0.732. The lowest BCUT2D eigenvalue weighted by Crippen LogP contribution is -1.98.